The maximum absolute atomic E-state index is 10.4. The van der Waals surface area contributed by atoms with Crippen molar-refractivity contribution in [1.82, 2.24) is 19.5 Å². The molecule has 12 nitrogen and oxygen atoms in total. The van der Waals surface area contributed by atoms with Gasteiger partial charge >= 0.3 is 0 Å². The molecule has 1 unspecified atom stereocenters. The van der Waals surface area contributed by atoms with Crippen molar-refractivity contribution in [2.24, 2.45) is 0 Å². The van der Waals surface area contributed by atoms with E-state index in [1.54, 1.807) is 20.3 Å². The molecule has 3 aromatic rings. The van der Waals surface area contributed by atoms with Crippen molar-refractivity contribution in [3.63, 3.8) is 0 Å². The molecule has 0 spiro atoms. The van der Waals surface area contributed by atoms with Crippen LogP contribution in [0.3, 0.4) is 0 Å². The highest BCUT2D eigenvalue weighted by atomic mass is 16.6. The van der Waals surface area contributed by atoms with E-state index in [4.69, 9.17) is 14.2 Å². The summed E-state index contributed by atoms with van der Waals surface area (Å²) < 4.78 is 17.7. The van der Waals surface area contributed by atoms with Crippen molar-refractivity contribution in [1.29, 1.82) is 0 Å². The normalized spacial score (nSPS) is 25.6. The van der Waals surface area contributed by atoms with Gasteiger partial charge in [0, 0.05) is 18.2 Å². The fourth-order valence-electron chi connectivity index (χ4n) is 3.66. The smallest absolute Gasteiger partial charge is 0.167 e. The minimum atomic E-state index is -1.51. The number of aliphatic hydroxyl groups is 4. The van der Waals surface area contributed by atoms with Gasteiger partial charge in [0.15, 0.2) is 23.2 Å². The summed E-state index contributed by atoms with van der Waals surface area (Å²) in [5.41, 5.74) is 1.62. The number of aliphatic hydroxyl groups excluding tert-OH is 4. The Hall–Kier alpha value is -3.03. The lowest BCUT2D eigenvalue weighted by molar-refractivity contribution is -0.250. The van der Waals surface area contributed by atoms with E-state index in [1.807, 2.05) is 12.1 Å². The van der Waals surface area contributed by atoms with Crippen LogP contribution >= 0.6 is 0 Å². The first kappa shape index (κ1) is 22.2. The molecule has 0 bridgehead atoms. The first-order chi connectivity index (χ1) is 15.5. The Morgan fingerprint density at radius 3 is 2.59 bits per heavy atom. The molecule has 1 aromatic carbocycles. The Labute approximate surface area is 183 Å². The number of nitrogens with one attached hydrogen (secondary N) is 1. The average molecular weight is 447 g/mol. The van der Waals surface area contributed by atoms with Gasteiger partial charge < -0.3 is 40.0 Å². The molecule has 0 aliphatic carbocycles. The number of aromatic nitrogens is 4. The number of benzene rings is 1. The quantitative estimate of drug-likeness (QED) is 0.315. The highest BCUT2D eigenvalue weighted by Gasteiger charge is 2.44. The summed E-state index contributed by atoms with van der Waals surface area (Å²) in [6, 6.07) is 5.47. The summed E-state index contributed by atoms with van der Waals surface area (Å²) in [6.45, 7) is -0.147. The molecule has 0 radical (unpaired) electrons. The molecule has 1 saturated heterocycles. The number of imidazole rings is 1. The van der Waals surface area contributed by atoms with E-state index in [0.717, 1.165) is 5.56 Å². The van der Waals surface area contributed by atoms with Gasteiger partial charge in [-0.05, 0) is 12.1 Å². The summed E-state index contributed by atoms with van der Waals surface area (Å²) >= 11 is 0. The van der Waals surface area contributed by atoms with Gasteiger partial charge in [0.2, 0.25) is 0 Å². The van der Waals surface area contributed by atoms with E-state index in [1.165, 1.54) is 17.2 Å². The van der Waals surface area contributed by atoms with Crippen LogP contribution in [0.5, 0.6) is 11.5 Å². The van der Waals surface area contributed by atoms with E-state index < -0.39 is 37.3 Å². The largest absolute Gasteiger partial charge is 0.497 e. The van der Waals surface area contributed by atoms with Gasteiger partial charge in [-0.2, -0.15) is 0 Å². The van der Waals surface area contributed by atoms with Crippen LogP contribution in [0.15, 0.2) is 30.9 Å². The number of rotatable bonds is 7. The van der Waals surface area contributed by atoms with Gasteiger partial charge in [-0.1, -0.05) is 0 Å². The van der Waals surface area contributed by atoms with Crippen molar-refractivity contribution < 1.29 is 34.6 Å². The fourth-order valence-corrected chi connectivity index (χ4v) is 3.66. The Balaban J connectivity index is 1.60. The molecule has 12 heteroatoms. The Morgan fingerprint density at radius 1 is 1.06 bits per heavy atom. The molecule has 1 fully saturated rings. The number of hydrogen-bond donors (Lipinski definition) is 5. The van der Waals surface area contributed by atoms with Gasteiger partial charge in [0.25, 0.3) is 0 Å². The third-order valence-electron chi connectivity index (χ3n) is 5.44. The molecule has 32 heavy (non-hydrogen) atoms. The van der Waals surface area contributed by atoms with Crippen LogP contribution in [-0.2, 0) is 11.3 Å². The number of ether oxygens (including phenoxy) is 3. The number of hydrogen-bond acceptors (Lipinski definition) is 11. The zero-order valence-electron chi connectivity index (χ0n) is 17.5. The second-order valence-corrected chi connectivity index (χ2v) is 7.30. The highest BCUT2D eigenvalue weighted by molar-refractivity contribution is 5.82. The van der Waals surface area contributed by atoms with Crippen LogP contribution < -0.4 is 14.8 Å². The summed E-state index contributed by atoms with van der Waals surface area (Å²) in [7, 11) is 3.15. The summed E-state index contributed by atoms with van der Waals surface area (Å²) in [5.74, 6) is 1.76. The average Bonchev–Trinajstić information content (AvgIpc) is 3.26. The molecule has 4 rings (SSSR count). The van der Waals surface area contributed by atoms with Gasteiger partial charge in [-0.25, -0.2) is 15.0 Å². The predicted molar refractivity (Wildman–Crippen MR) is 111 cm³/mol. The fraction of sp³-hybridized carbons (Fsp3) is 0.450. The molecule has 0 amide bonds. The van der Waals surface area contributed by atoms with Crippen molar-refractivity contribution in [2.45, 2.75) is 37.2 Å². The van der Waals surface area contributed by atoms with Crippen LogP contribution in [0.2, 0.25) is 0 Å². The molecule has 172 valence electrons. The first-order valence-corrected chi connectivity index (χ1v) is 9.91. The Bertz CT molecular complexity index is 1080. The monoisotopic (exact) mass is 447 g/mol. The lowest BCUT2D eigenvalue weighted by atomic mass is 9.98. The third-order valence-corrected chi connectivity index (χ3v) is 5.44. The summed E-state index contributed by atoms with van der Waals surface area (Å²) in [5, 5.41) is 43.2. The number of anilines is 1. The number of nitrogens with zero attached hydrogens (tertiary/aromatic N) is 4. The van der Waals surface area contributed by atoms with Crippen LogP contribution in [0, 0.1) is 0 Å². The number of fused-ring (bicyclic) bond motifs is 1. The van der Waals surface area contributed by atoms with Gasteiger partial charge in [-0.3, -0.25) is 4.57 Å². The van der Waals surface area contributed by atoms with Gasteiger partial charge in [-0.15, -0.1) is 0 Å². The number of methoxy groups -OCH3 is 2. The maximum atomic E-state index is 10.4. The highest BCUT2D eigenvalue weighted by Crippen LogP contribution is 2.31. The molecule has 1 aliphatic rings. The van der Waals surface area contributed by atoms with E-state index in [2.05, 4.69) is 20.3 Å². The van der Waals surface area contributed by atoms with Crippen molar-refractivity contribution in [3.05, 3.63) is 36.4 Å². The lowest BCUT2D eigenvalue weighted by Crippen LogP contribution is -2.56. The second kappa shape index (κ2) is 9.22. The van der Waals surface area contributed by atoms with Crippen LogP contribution in [0.1, 0.15) is 11.8 Å². The lowest BCUT2D eigenvalue weighted by Gasteiger charge is -2.40. The second-order valence-electron chi connectivity index (χ2n) is 7.30. The first-order valence-electron chi connectivity index (χ1n) is 9.91. The third kappa shape index (κ3) is 3.94. The molecule has 3 heterocycles. The van der Waals surface area contributed by atoms with Gasteiger partial charge in [0.05, 0.1) is 27.2 Å². The minimum Gasteiger partial charge on any atom is -0.497 e. The molecule has 5 atom stereocenters. The molecular formula is C20H25N5O7. The summed E-state index contributed by atoms with van der Waals surface area (Å²) in [6.07, 6.45) is -3.85. The minimum absolute atomic E-state index is 0.341. The Kier molecular flexibility index (Phi) is 6.39. The van der Waals surface area contributed by atoms with Crippen molar-refractivity contribution in [3.8, 4) is 11.5 Å². The topological polar surface area (TPSA) is 164 Å². The predicted octanol–water partition coefficient (Wildman–Crippen LogP) is -0.572. The zero-order valence-corrected chi connectivity index (χ0v) is 17.5. The zero-order chi connectivity index (χ0) is 22.8. The molecule has 0 saturated carbocycles. The van der Waals surface area contributed by atoms with E-state index in [-0.39, 0.29) is 0 Å². The standard InChI is InChI=1S/C20H25N5O7/c1-30-11-4-3-10(12(5-11)31-2)6-21-18-14-19(23-8-22-18)25(9-24-14)20-17(29)16(28)15(27)13(7-26)32-20/h3-5,8-9,13,15-17,20,26-29H,6-7H2,1-2H3,(H,21,22,23)/t13-,15-,16+,17-,20?/m1/s1. The van der Waals surface area contributed by atoms with Crippen LogP contribution in [0.4, 0.5) is 5.82 Å². The molecule has 1 aliphatic heterocycles. The Morgan fingerprint density at radius 2 is 1.88 bits per heavy atom. The molecule has 5 N–H and O–H groups in total. The summed E-state index contributed by atoms with van der Waals surface area (Å²) in [4.78, 5) is 12.8. The van der Waals surface area contributed by atoms with Crippen molar-refractivity contribution >= 4 is 17.0 Å². The van der Waals surface area contributed by atoms with E-state index in [9.17, 15) is 20.4 Å². The van der Waals surface area contributed by atoms with Crippen LogP contribution in [-0.4, -0.2) is 85.2 Å². The van der Waals surface area contributed by atoms with E-state index >= 15 is 0 Å². The maximum Gasteiger partial charge on any atom is 0.167 e. The molecular weight excluding hydrogens is 422 g/mol. The van der Waals surface area contributed by atoms with Crippen molar-refractivity contribution in [2.75, 3.05) is 26.1 Å². The SMILES string of the molecule is COc1ccc(CNc2ncnc3c2ncn3C2O[C@H](CO)[C@@H](O)[C@H](O)[C@H]2O)c(OC)c1. The van der Waals surface area contributed by atoms with E-state index in [0.29, 0.717) is 35.0 Å². The van der Waals surface area contributed by atoms with Gasteiger partial charge in [0.1, 0.15) is 42.2 Å². The van der Waals surface area contributed by atoms with Crippen LogP contribution in [0.25, 0.3) is 11.2 Å². The molecule has 2 aromatic heterocycles.